The number of hydrogen-bond donors (Lipinski definition) is 3. The lowest BCUT2D eigenvalue weighted by molar-refractivity contribution is -0.207. The second-order valence-corrected chi connectivity index (χ2v) is 13.0. The van der Waals surface area contributed by atoms with Gasteiger partial charge in [-0.15, -0.1) is 0 Å². The minimum absolute atomic E-state index is 0.0927. The molecule has 202 valence electrons. The molecular formula is C29H50O6. The van der Waals surface area contributed by atoms with Crippen molar-refractivity contribution in [1.82, 2.24) is 0 Å². The summed E-state index contributed by atoms with van der Waals surface area (Å²) in [4.78, 5) is 12.4. The highest BCUT2D eigenvalue weighted by Crippen LogP contribution is 2.68. The molecule has 4 saturated carbocycles. The van der Waals surface area contributed by atoms with E-state index in [0.29, 0.717) is 42.6 Å². The number of ether oxygens (including phenoxy) is 2. The van der Waals surface area contributed by atoms with E-state index in [0.717, 1.165) is 57.8 Å². The molecular weight excluding hydrogens is 444 g/mol. The van der Waals surface area contributed by atoms with E-state index < -0.39 is 12.4 Å². The summed E-state index contributed by atoms with van der Waals surface area (Å²) in [6.45, 7) is 11.2. The Labute approximate surface area is 212 Å². The third-order valence-corrected chi connectivity index (χ3v) is 11.2. The van der Waals surface area contributed by atoms with Gasteiger partial charge in [0.15, 0.2) is 6.29 Å². The van der Waals surface area contributed by atoms with Crippen LogP contribution < -0.4 is 0 Å². The van der Waals surface area contributed by atoms with Gasteiger partial charge in [-0.1, -0.05) is 27.7 Å². The van der Waals surface area contributed by atoms with Crippen LogP contribution in [0.1, 0.15) is 98.8 Å². The molecule has 0 bridgehead atoms. The number of fused-ring (bicyclic) bond motifs is 5. The number of esters is 1. The first kappa shape index (κ1) is 27.3. The molecule has 12 unspecified atom stereocenters. The van der Waals surface area contributed by atoms with Crippen molar-refractivity contribution in [3.63, 3.8) is 0 Å². The summed E-state index contributed by atoms with van der Waals surface area (Å²) in [7, 11) is 0. The van der Waals surface area contributed by atoms with Gasteiger partial charge in [0.2, 0.25) is 0 Å². The Balaban J connectivity index is 1.43. The zero-order chi connectivity index (χ0) is 25.5. The third-order valence-electron chi connectivity index (χ3n) is 11.2. The van der Waals surface area contributed by atoms with Gasteiger partial charge in [-0.05, 0) is 111 Å². The van der Waals surface area contributed by atoms with Gasteiger partial charge in [0.05, 0.1) is 24.9 Å². The molecule has 0 aromatic rings. The summed E-state index contributed by atoms with van der Waals surface area (Å²) in [5.74, 6) is 1.58. The molecule has 0 radical (unpaired) electrons. The maximum Gasteiger partial charge on any atom is 0.308 e. The lowest BCUT2D eigenvalue weighted by Gasteiger charge is -2.63. The van der Waals surface area contributed by atoms with Gasteiger partial charge in [0, 0.05) is 6.42 Å². The zero-order valence-corrected chi connectivity index (χ0v) is 22.6. The summed E-state index contributed by atoms with van der Waals surface area (Å²) >= 11 is 0. The fraction of sp³-hybridized carbons (Fsp3) is 0.966. The number of hydrogen-bond acceptors (Lipinski definition) is 6. The first-order valence-corrected chi connectivity index (χ1v) is 14.4. The van der Waals surface area contributed by atoms with Crippen molar-refractivity contribution >= 4 is 5.97 Å². The largest absolute Gasteiger partial charge is 0.436 e. The highest BCUT2D eigenvalue weighted by molar-refractivity contribution is 5.69. The van der Waals surface area contributed by atoms with Crippen LogP contribution in [0.15, 0.2) is 0 Å². The first-order valence-electron chi connectivity index (χ1n) is 14.4. The summed E-state index contributed by atoms with van der Waals surface area (Å²) < 4.78 is 10.9. The Hall–Kier alpha value is -0.690. The van der Waals surface area contributed by atoms with Crippen molar-refractivity contribution in [1.29, 1.82) is 0 Å². The van der Waals surface area contributed by atoms with E-state index in [1.807, 2.05) is 6.92 Å². The van der Waals surface area contributed by atoms with E-state index in [1.54, 1.807) is 6.92 Å². The molecule has 0 aliphatic heterocycles. The number of carbonyl (C=O) groups excluding carboxylic acids is 1. The number of aliphatic hydroxyl groups is 3. The molecule has 0 aromatic heterocycles. The smallest absolute Gasteiger partial charge is 0.308 e. The Morgan fingerprint density at radius 1 is 1.03 bits per heavy atom. The van der Waals surface area contributed by atoms with Crippen molar-refractivity contribution in [2.75, 3.05) is 6.61 Å². The fourth-order valence-corrected chi connectivity index (χ4v) is 9.24. The highest BCUT2D eigenvalue weighted by Gasteiger charge is 2.65. The Morgan fingerprint density at radius 3 is 2.49 bits per heavy atom. The van der Waals surface area contributed by atoms with E-state index in [-0.39, 0.29) is 34.9 Å². The number of aliphatic hydroxyl groups excluding tert-OH is 3. The van der Waals surface area contributed by atoms with Gasteiger partial charge in [0.1, 0.15) is 0 Å². The Bertz CT molecular complexity index is 743. The average Bonchev–Trinajstić information content (AvgIpc) is 3.16. The topological polar surface area (TPSA) is 96.2 Å². The van der Waals surface area contributed by atoms with Crippen LogP contribution in [0, 0.1) is 46.3 Å². The molecule has 0 heterocycles. The van der Waals surface area contributed by atoms with Gasteiger partial charge in [0.25, 0.3) is 0 Å². The van der Waals surface area contributed by atoms with E-state index in [4.69, 9.17) is 9.47 Å². The van der Waals surface area contributed by atoms with Gasteiger partial charge in [-0.2, -0.15) is 0 Å². The Morgan fingerprint density at radius 2 is 1.77 bits per heavy atom. The molecule has 4 rings (SSSR count). The van der Waals surface area contributed by atoms with Crippen LogP contribution in [0.2, 0.25) is 0 Å². The van der Waals surface area contributed by atoms with Crippen molar-refractivity contribution in [3.05, 3.63) is 0 Å². The van der Waals surface area contributed by atoms with E-state index in [1.165, 1.54) is 0 Å². The minimum Gasteiger partial charge on any atom is -0.436 e. The van der Waals surface area contributed by atoms with Crippen LogP contribution >= 0.6 is 0 Å². The highest BCUT2D eigenvalue weighted by atomic mass is 16.7. The molecule has 0 amide bonds. The molecule has 6 heteroatoms. The van der Waals surface area contributed by atoms with E-state index in [2.05, 4.69) is 20.8 Å². The molecule has 12 atom stereocenters. The predicted octanol–water partition coefficient (Wildman–Crippen LogP) is 4.68. The summed E-state index contributed by atoms with van der Waals surface area (Å²) in [5.41, 5.74) is -0.143. The predicted molar refractivity (Wildman–Crippen MR) is 134 cm³/mol. The van der Waals surface area contributed by atoms with Gasteiger partial charge < -0.3 is 24.8 Å². The lowest BCUT2D eigenvalue weighted by Crippen LogP contribution is -2.62. The van der Waals surface area contributed by atoms with Crippen LogP contribution in [0.5, 0.6) is 0 Å². The number of carbonyl (C=O) groups is 1. The van der Waals surface area contributed by atoms with Gasteiger partial charge in [-0.3, -0.25) is 4.79 Å². The first-order chi connectivity index (χ1) is 16.5. The lowest BCUT2D eigenvalue weighted by atomic mass is 9.43. The van der Waals surface area contributed by atoms with E-state index >= 15 is 0 Å². The minimum atomic E-state index is -0.512. The van der Waals surface area contributed by atoms with Crippen molar-refractivity contribution in [3.8, 4) is 0 Å². The second-order valence-electron chi connectivity index (χ2n) is 13.0. The third kappa shape index (κ3) is 4.94. The summed E-state index contributed by atoms with van der Waals surface area (Å²) in [6.07, 6.45) is 6.70. The molecule has 35 heavy (non-hydrogen) atoms. The Kier molecular flexibility index (Phi) is 8.27. The van der Waals surface area contributed by atoms with Crippen LogP contribution in [0.4, 0.5) is 0 Å². The van der Waals surface area contributed by atoms with Crippen LogP contribution in [-0.2, 0) is 14.3 Å². The van der Waals surface area contributed by atoms with Gasteiger partial charge >= 0.3 is 5.97 Å². The molecule has 0 spiro atoms. The maximum atomic E-state index is 12.4. The summed E-state index contributed by atoms with van der Waals surface area (Å²) in [6, 6.07) is 0. The normalized spacial score (nSPS) is 46.7. The van der Waals surface area contributed by atoms with Crippen LogP contribution in [0.25, 0.3) is 0 Å². The van der Waals surface area contributed by atoms with Crippen LogP contribution in [-0.4, -0.2) is 52.5 Å². The van der Waals surface area contributed by atoms with Crippen LogP contribution in [0.3, 0.4) is 0 Å². The monoisotopic (exact) mass is 494 g/mol. The molecule has 0 aromatic carbocycles. The second kappa shape index (κ2) is 10.6. The van der Waals surface area contributed by atoms with Crippen molar-refractivity contribution in [2.45, 2.75) is 123 Å². The standard InChI is InChI=1S/C29H50O6/c1-6-13-34-18(3)35-26(33)10-7-17(2)21-8-9-22-27-23(16-25(32)29(21,22)5)28(4)12-11-20(30)14-19(28)15-24(27)31/h17-25,27,30-32H,6-16H2,1-5H3. The maximum absolute atomic E-state index is 12.4. The molecule has 4 fully saturated rings. The SMILES string of the molecule is CCCOC(C)OC(=O)CCC(C)C1CCC2C3C(O)CC4CC(O)CCC4(C)C3CC(O)C12C. The quantitative estimate of drug-likeness (QED) is 0.335. The fourth-order valence-electron chi connectivity index (χ4n) is 9.24. The molecule has 4 aliphatic rings. The average molecular weight is 495 g/mol. The zero-order valence-electron chi connectivity index (χ0n) is 22.6. The molecule has 3 N–H and O–H groups in total. The molecule has 0 saturated heterocycles. The van der Waals surface area contributed by atoms with Crippen molar-refractivity contribution in [2.24, 2.45) is 46.3 Å². The van der Waals surface area contributed by atoms with Gasteiger partial charge in [-0.25, -0.2) is 0 Å². The summed E-state index contributed by atoms with van der Waals surface area (Å²) in [5, 5.41) is 33.4. The molecule has 6 nitrogen and oxygen atoms in total. The number of rotatable bonds is 8. The van der Waals surface area contributed by atoms with E-state index in [9.17, 15) is 20.1 Å². The molecule has 4 aliphatic carbocycles. The van der Waals surface area contributed by atoms with Crippen molar-refractivity contribution < 1.29 is 29.6 Å².